The van der Waals surface area contributed by atoms with E-state index in [1.54, 1.807) is 0 Å². The minimum absolute atomic E-state index is 0.0896. The van der Waals surface area contributed by atoms with E-state index in [9.17, 15) is 27.6 Å². The number of amides is 2. The number of anilines is 2. The second kappa shape index (κ2) is 10.2. The summed E-state index contributed by atoms with van der Waals surface area (Å²) in [6.45, 7) is 3.14. The van der Waals surface area contributed by atoms with Gasteiger partial charge in [0, 0.05) is 18.1 Å². The summed E-state index contributed by atoms with van der Waals surface area (Å²) < 4.78 is 55.3. The summed E-state index contributed by atoms with van der Waals surface area (Å²) in [5.74, 6) is -1.79. The fourth-order valence-electron chi connectivity index (χ4n) is 3.42. The quantitative estimate of drug-likeness (QED) is 0.524. The minimum atomic E-state index is -4.68. The van der Waals surface area contributed by atoms with Crippen LogP contribution in [0.15, 0.2) is 36.4 Å². The highest BCUT2D eigenvalue weighted by atomic mass is 19.4. The molecule has 0 saturated heterocycles. The maximum atomic E-state index is 13.2. The van der Waals surface area contributed by atoms with Crippen LogP contribution in [0.5, 0.6) is 11.5 Å². The first-order valence-corrected chi connectivity index (χ1v) is 10.7. The maximum absolute atomic E-state index is 13.2. The van der Waals surface area contributed by atoms with Crippen molar-refractivity contribution in [2.24, 2.45) is 11.8 Å². The molecule has 0 radical (unpaired) electrons. The molecular weight excluding hydrogens is 469 g/mol. The van der Waals surface area contributed by atoms with Gasteiger partial charge in [0.1, 0.15) is 0 Å². The lowest BCUT2D eigenvalue weighted by Gasteiger charge is -2.18. The van der Waals surface area contributed by atoms with Gasteiger partial charge < -0.3 is 24.8 Å². The van der Waals surface area contributed by atoms with Gasteiger partial charge in [-0.05, 0) is 31.4 Å². The SMILES string of the molecule is COc1cc(NC(=O)C2CC2C)c(C(=O)OC(C)C(=O)Nc2ccccc2C(F)(F)F)cc1OC. The first-order valence-electron chi connectivity index (χ1n) is 10.7. The number of hydrogen-bond acceptors (Lipinski definition) is 6. The van der Waals surface area contributed by atoms with Crippen LogP contribution in [0.2, 0.25) is 0 Å². The smallest absolute Gasteiger partial charge is 0.418 e. The van der Waals surface area contributed by atoms with E-state index < -0.39 is 35.4 Å². The molecule has 3 rings (SSSR count). The number of esters is 1. The van der Waals surface area contributed by atoms with Crippen LogP contribution in [-0.4, -0.2) is 38.1 Å². The number of halogens is 3. The Labute approximate surface area is 199 Å². The van der Waals surface area contributed by atoms with Crippen molar-refractivity contribution in [3.63, 3.8) is 0 Å². The molecule has 2 N–H and O–H groups in total. The Kier molecular flexibility index (Phi) is 7.57. The predicted molar refractivity (Wildman–Crippen MR) is 120 cm³/mol. The van der Waals surface area contributed by atoms with Gasteiger partial charge in [-0.1, -0.05) is 19.1 Å². The van der Waals surface area contributed by atoms with Crippen molar-refractivity contribution in [1.29, 1.82) is 0 Å². The summed E-state index contributed by atoms with van der Waals surface area (Å²) in [5, 5.41) is 4.81. The van der Waals surface area contributed by atoms with Crippen molar-refractivity contribution in [3.8, 4) is 11.5 Å². The lowest BCUT2D eigenvalue weighted by molar-refractivity contribution is -0.137. The van der Waals surface area contributed by atoms with Crippen molar-refractivity contribution >= 4 is 29.2 Å². The lowest BCUT2D eigenvalue weighted by Crippen LogP contribution is -2.31. The molecule has 2 aromatic carbocycles. The highest BCUT2D eigenvalue weighted by Crippen LogP contribution is 2.40. The summed E-state index contributed by atoms with van der Waals surface area (Å²) >= 11 is 0. The molecule has 0 aromatic heterocycles. The zero-order valence-electron chi connectivity index (χ0n) is 19.5. The molecule has 2 aromatic rings. The van der Waals surface area contributed by atoms with Crippen molar-refractivity contribution < 1.29 is 41.8 Å². The molecule has 0 heterocycles. The number of ether oxygens (including phenoxy) is 3. The molecule has 0 spiro atoms. The number of nitrogens with one attached hydrogen (secondary N) is 2. The highest BCUT2D eigenvalue weighted by molar-refractivity contribution is 6.04. The van der Waals surface area contributed by atoms with Crippen LogP contribution in [-0.2, 0) is 20.5 Å². The summed E-state index contributed by atoms with van der Waals surface area (Å²) in [5.41, 5.74) is -1.52. The minimum Gasteiger partial charge on any atom is -0.493 e. The number of benzene rings is 2. The van der Waals surface area contributed by atoms with Gasteiger partial charge in [-0.3, -0.25) is 9.59 Å². The van der Waals surface area contributed by atoms with E-state index in [0.717, 1.165) is 18.6 Å². The average Bonchev–Trinajstić information content (AvgIpc) is 3.54. The van der Waals surface area contributed by atoms with E-state index >= 15 is 0 Å². The van der Waals surface area contributed by atoms with Gasteiger partial charge in [0.25, 0.3) is 5.91 Å². The summed E-state index contributed by atoms with van der Waals surface area (Å²) in [7, 11) is 2.74. The van der Waals surface area contributed by atoms with E-state index in [-0.39, 0.29) is 40.5 Å². The molecule has 1 saturated carbocycles. The molecular formula is C24H25F3N2O6. The van der Waals surface area contributed by atoms with Crippen LogP contribution in [0.1, 0.15) is 36.2 Å². The Hall–Kier alpha value is -3.76. The number of methoxy groups -OCH3 is 2. The Morgan fingerprint density at radius 2 is 1.60 bits per heavy atom. The van der Waals surface area contributed by atoms with E-state index in [1.165, 1.54) is 45.4 Å². The van der Waals surface area contributed by atoms with Crippen molar-refractivity contribution in [2.75, 3.05) is 24.9 Å². The molecule has 1 fully saturated rings. The fraction of sp³-hybridized carbons (Fsp3) is 0.375. The first kappa shape index (κ1) is 25.9. The topological polar surface area (TPSA) is 103 Å². The Balaban J connectivity index is 1.80. The molecule has 3 unspecified atom stereocenters. The summed E-state index contributed by atoms with van der Waals surface area (Å²) in [6.07, 6.45) is -5.42. The molecule has 0 aliphatic heterocycles. The molecule has 188 valence electrons. The monoisotopic (exact) mass is 494 g/mol. The number of rotatable bonds is 8. The number of carbonyl (C=O) groups excluding carboxylic acids is 3. The normalized spacial score (nSPS) is 17.7. The second-order valence-corrected chi connectivity index (χ2v) is 8.14. The van der Waals surface area contributed by atoms with Crippen molar-refractivity contribution in [3.05, 3.63) is 47.5 Å². The number of para-hydroxylation sites is 1. The largest absolute Gasteiger partial charge is 0.493 e. The van der Waals surface area contributed by atoms with Gasteiger partial charge in [-0.2, -0.15) is 13.2 Å². The molecule has 1 aliphatic carbocycles. The van der Waals surface area contributed by atoms with E-state index in [2.05, 4.69) is 10.6 Å². The highest BCUT2D eigenvalue weighted by Gasteiger charge is 2.39. The maximum Gasteiger partial charge on any atom is 0.418 e. The average molecular weight is 494 g/mol. The van der Waals surface area contributed by atoms with Gasteiger partial charge in [0.2, 0.25) is 5.91 Å². The van der Waals surface area contributed by atoms with Crippen LogP contribution in [0.3, 0.4) is 0 Å². The van der Waals surface area contributed by atoms with Crippen molar-refractivity contribution in [2.45, 2.75) is 32.5 Å². The molecule has 8 nitrogen and oxygen atoms in total. The van der Waals surface area contributed by atoms with Gasteiger partial charge in [0.15, 0.2) is 17.6 Å². The third-order valence-corrected chi connectivity index (χ3v) is 5.59. The molecule has 2 amide bonds. The van der Waals surface area contributed by atoms with E-state index in [1.807, 2.05) is 6.92 Å². The molecule has 3 atom stereocenters. The number of alkyl halides is 3. The third kappa shape index (κ3) is 6.03. The summed E-state index contributed by atoms with van der Waals surface area (Å²) in [4.78, 5) is 37.9. The Morgan fingerprint density at radius 1 is 1.00 bits per heavy atom. The van der Waals surface area contributed by atoms with Gasteiger partial charge in [-0.25, -0.2) is 4.79 Å². The zero-order valence-corrected chi connectivity index (χ0v) is 19.5. The molecule has 35 heavy (non-hydrogen) atoms. The first-order chi connectivity index (χ1) is 16.5. The molecule has 0 bridgehead atoms. The van der Waals surface area contributed by atoms with Gasteiger partial charge in [-0.15, -0.1) is 0 Å². The van der Waals surface area contributed by atoms with Crippen LogP contribution < -0.4 is 20.1 Å². The van der Waals surface area contributed by atoms with Gasteiger partial charge in [0.05, 0.1) is 36.7 Å². The fourth-order valence-corrected chi connectivity index (χ4v) is 3.42. The predicted octanol–water partition coefficient (Wildman–Crippen LogP) is 4.50. The van der Waals surface area contributed by atoms with Crippen LogP contribution in [0.25, 0.3) is 0 Å². The van der Waals surface area contributed by atoms with Crippen LogP contribution >= 0.6 is 0 Å². The lowest BCUT2D eigenvalue weighted by atomic mass is 10.1. The van der Waals surface area contributed by atoms with Gasteiger partial charge >= 0.3 is 12.1 Å². The summed E-state index contributed by atoms with van der Waals surface area (Å²) in [6, 6.07) is 7.13. The Morgan fingerprint density at radius 3 is 2.17 bits per heavy atom. The molecule has 1 aliphatic rings. The Bertz CT molecular complexity index is 1130. The molecule has 11 heteroatoms. The number of carbonyl (C=O) groups is 3. The van der Waals surface area contributed by atoms with Crippen LogP contribution in [0, 0.1) is 11.8 Å². The van der Waals surface area contributed by atoms with Crippen molar-refractivity contribution in [1.82, 2.24) is 0 Å². The van der Waals surface area contributed by atoms with E-state index in [0.29, 0.717) is 0 Å². The zero-order chi connectivity index (χ0) is 25.9. The third-order valence-electron chi connectivity index (χ3n) is 5.59. The number of hydrogen-bond donors (Lipinski definition) is 2. The second-order valence-electron chi connectivity index (χ2n) is 8.14. The van der Waals surface area contributed by atoms with Crippen LogP contribution in [0.4, 0.5) is 24.5 Å². The van der Waals surface area contributed by atoms with E-state index in [4.69, 9.17) is 14.2 Å². The standard InChI is InChI=1S/C24H25F3N2O6/c1-12-9-14(12)22(31)29-18-11-20(34-4)19(33-3)10-15(18)23(32)35-13(2)21(30)28-17-8-6-5-7-16(17)24(25,26)27/h5-8,10-14H,9H2,1-4H3,(H,28,30)(H,29,31).